The van der Waals surface area contributed by atoms with Crippen molar-refractivity contribution < 1.29 is 9.59 Å². The number of halogens is 1. The highest BCUT2D eigenvalue weighted by Crippen LogP contribution is 2.25. The van der Waals surface area contributed by atoms with Crippen molar-refractivity contribution in [3.63, 3.8) is 0 Å². The van der Waals surface area contributed by atoms with Crippen molar-refractivity contribution in [3.8, 4) is 0 Å². The first-order chi connectivity index (χ1) is 7.04. The largest absolute Gasteiger partial charge is 0.370 e. The molecule has 0 aromatic rings. The van der Waals surface area contributed by atoms with Crippen molar-refractivity contribution in [2.45, 2.75) is 44.1 Å². The van der Waals surface area contributed by atoms with Gasteiger partial charge in [0.25, 0.3) is 0 Å². The highest BCUT2D eigenvalue weighted by atomic mass is 35.5. The number of nitrogens with two attached hydrogens (primary N) is 2. The van der Waals surface area contributed by atoms with Crippen molar-refractivity contribution in [1.29, 1.82) is 0 Å². The molecule has 0 heterocycles. The van der Waals surface area contributed by atoms with Gasteiger partial charge in [0, 0.05) is 13.0 Å². The molecule has 6 heteroatoms. The summed E-state index contributed by atoms with van der Waals surface area (Å²) in [6.07, 6.45) is 4.78. The minimum absolute atomic E-state index is 0. The number of primary amides is 1. The van der Waals surface area contributed by atoms with Crippen molar-refractivity contribution >= 4 is 24.2 Å². The Balaban J connectivity index is 0.00000225. The predicted octanol–water partition coefficient (Wildman–Crippen LogP) is 0.0614. The summed E-state index contributed by atoms with van der Waals surface area (Å²) in [6, 6.07) is 0. The molecule has 0 saturated heterocycles. The molecule has 0 aromatic heterocycles. The molecule has 0 aliphatic heterocycles. The van der Waals surface area contributed by atoms with Crippen LogP contribution in [-0.4, -0.2) is 23.9 Å². The Bertz CT molecular complexity index is 252. The van der Waals surface area contributed by atoms with Gasteiger partial charge in [0.1, 0.15) is 0 Å². The van der Waals surface area contributed by atoms with Crippen LogP contribution in [0.2, 0.25) is 0 Å². The van der Waals surface area contributed by atoms with Crippen LogP contribution in [0.1, 0.15) is 38.5 Å². The van der Waals surface area contributed by atoms with E-state index < -0.39 is 11.4 Å². The fourth-order valence-electron chi connectivity index (χ4n) is 1.89. The van der Waals surface area contributed by atoms with Gasteiger partial charge in [-0.2, -0.15) is 0 Å². The molecule has 1 rings (SSSR count). The van der Waals surface area contributed by atoms with E-state index in [2.05, 4.69) is 5.32 Å². The minimum Gasteiger partial charge on any atom is -0.370 e. The molecular weight excluding hydrogens is 230 g/mol. The lowest BCUT2D eigenvalue weighted by atomic mass is 9.82. The molecule has 16 heavy (non-hydrogen) atoms. The standard InChI is InChI=1S/C10H19N3O2.ClH/c11-8(14)4-7-13-9(15)10(12)5-2-1-3-6-10;/h1-7,12H2,(H2,11,14)(H,13,15);1H. The number of carbonyl (C=O) groups excluding carboxylic acids is 2. The molecule has 1 saturated carbocycles. The summed E-state index contributed by atoms with van der Waals surface area (Å²) in [4.78, 5) is 22.2. The Kier molecular flexibility index (Phi) is 6.36. The first-order valence-electron chi connectivity index (χ1n) is 5.40. The zero-order valence-electron chi connectivity index (χ0n) is 9.33. The second kappa shape index (κ2) is 6.70. The summed E-state index contributed by atoms with van der Waals surface area (Å²) >= 11 is 0. The Morgan fingerprint density at radius 3 is 2.25 bits per heavy atom. The van der Waals surface area contributed by atoms with Crippen LogP contribution in [0.3, 0.4) is 0 Å². The molecular formula is C10H20ClN3O2. The van der Waals surface area contributed by atoms with Gasteiger partial charge >= 0.3 is 0 Å². The molecule has 0 unspecified atom stereocenters. The first kappa shape index (κ1) is 15.2. The first-order valence-corrected chi connectivity index (χ1v) is 5.40. The Labute approximate surface area is 102 Å². The number of rotatable bonds is 4. The second-order valence-corrected chi connectivity index (χ2v) is 4.19. The van der Waals surface area contributed by atoms with Gasteiger partial charge in [-0.05, 0) is 12.8 Å². The van der Waals surface area contributed by atoms with Gasteiger partial charge in [-0.25, -0.2) is 0 Å². The van der Waals surface area contributed by atoms with Gasteiger partial charge < -0.3 is 16.8 Å². The van der Waals surface area contributed by atoms with E-state index in [4.69, 9.17) is 11.5 Å². The molecule has 5 nitrogen and oxygen atoms in total. The Morgan fingerprint density at radius 2 is 1.75 bits per heavy atom. The summed E-state index contributed by atoms with van der Waals surface area (Å²) in [7, 11) is 0. The summed E-state index contributed by atoms with van der Waals surface area (Å²) in [5.74, 6) is -0.562. The third kappa shape index (κ3) is 4.37. The highest BCUT2D eigenvalue weighted by molar-refractivity contribution is 5.86. The van der Waals surface area contributed by atoms with Crippen molar-refractivity contribution in [2.75, 3.05) is 6.54 Å². The maximum Gasteiger partial charge on any atom is 0.240 e. The van der Waals surface area contributed by atoms with Crippen molar-refractivity contribution in [2.24, 2.45) is 11.5 Å². The molecule has 94 valence electrons. The number of amides is 2. The maximum absolute atomic E-state index is 11.7. The zero-order valence-corrected chi connectivity index (χ0v) is 10.1. The Morgan fingerprint density at radius 1 is 1.19 bits per heavy atom. The molecule has 0 spiro atoms. The van der Waals surface area contributed by atoms with Crippen LogP contribution in [0.4, 0.5) is 0 Å². The highest BCUT2D eigenvalue weighted by Gasteiger charge is 2.34. The van der Waals surface area contributed by atoms with E-state index >= 15 is 0 Å². The van der Waals surface area contributed by atoms with E-state index in [1.807, 2.05) is 0 Å². The Hall–Kier alpha value is -0.810. The lowest BCUT2D eigenvalue weighted by Gasteiger charge is -2.31. The van der Waals surface area contributed by atoms with Crippen molar-refractivity contribution in [1.82, 2.24) is 5.32 Å². The number of nitrogens with one attached hydrogen (secondary N) is 1. The van der Waals surface area contributed by atoms with E-state index in [0.717, 1.165) is 32.1 Å². The molecule has 0 atom stereocenters. The maximum atomic E-state index is 11.7. The quantitative estimate of drug-likeness (QED) is 0.657. The van der Waals surface area contributed by atoms with Gasteiger partial charge in [0.05, 0.1) is 5.54 Å². The van der Waals surface area contributed by atoms with E-state index in [-0.39, 0.29) is 31.3 Å². The van der Waals surface area contributed by atoms with Gasteiger partial charge in [-0.3, -0.25) is 9.59 Å². The SMILES string of the molecule is Cl.NC(=O)CCNC(=O)C1(N)CCCCC1. The fourth-order valence-corrected chi connectivity index (χ4v) is 1.89. The van der Waals surface area contributed by atoms with Gasteiger partial charge in [-0.1, -0.05) is 19.3 Å². The van der Waals surface area contributed by atoms with Crippen LogP contribution in [0.15, 0.2) is 0 Å². The van der Waals surface area contributed by atoms with Crippen LogP contribution in [0.5, 0.6) is 0 Å². The van der Waals surface area contributed by atoms with E-state index in [0.29, 0.717) is 0 Å². The van der Waals surface area contributed by atoms with Crippen LogP contribution in [0.25, 0.3) is 0 Å². The molecule has 1 aliphatic carbocycles. The van der Waals surface area contributed by atoms with Gasteiger partial charge in [0.2, 0.25) is 11.8 Å². The molecule has 0 bridgehead atoms. The van der Waals surface area contributed by atoms with E-state index in [9.17, 15) is 9.59 Å². The fraction of sp³-hybridized carbons (Fsp3) is 0.800. The predicted molar refractivity (Wildman–Crippen MR) is 64.1 cm³/mol. The molecule has 5 N–H and O–H groups in total. The zero-order chi connectivity index (χ0) is 11.3. The summed E-state index contributed by atoms with van der Waals surface area (Å²) in [6.45, 7) is 0.285. The average molecular weight is 250 g/mol. The third-order valence-corrected chi connectivity index (χ3v) is 2.85. The van der Waals surface area contributed by atoms with Crippen LogP contribution < -0.4 is 16.8 Å². The summed E-state index contributed by atoms with van der Waals surface area (Å²) < 4.78 is 0. The molecule has 0 aromatic carbocycles. The molecule has 1 aliphatic rings. The normalized spacial score (nSPS) is 18.3. The number of carbonyl (C=O) groups is 2. The molecule has 2 amide bonds. The number of hydrogen-bond acceptors (Lipinski definition) is 3. The van der Waals surface area contributed by atoms with Gasteiger partial charge in [0.15, 0.2) is 0 Å². The monoisotopic (exact) mass is 249 g/mol. The lowest BCUT2D eigenvalue weighted by Crippen LogP contribution is -2.55. The van der Waals surface area contributed by atoms with E-state index in [1.165, 1.54) is 0 Å². The molecule has 0 radical (unpaired) electrons. The van der Waals surface area contributed by atoms with Crippen LogP contribution >= 0.6 is 12.4 Å². The van der Waals surface area contributed by atoms with Crippen LogP contribution in [0, 0.1) is 0 Å². The lowest BCUT2D eigenvalue weighted by molar-refractivity contribution is -0.127. The smallest absolute Gasteiger partial charge is 0.240 e. The van der Waals surface area contributed by atoms with E-state index in [1.54, 1.807) is 0 Å². The van der Waals surface area contributed by atoms with Gasteiger partial charge in [-0.15, -0.1) is 12.4 Å². The van der Waals surface area contributed by atoms with Crippen LogP contribution in [-0.2, 0) is 9.59 Å². The topological polar surface area (TPSA) is 98.2 Å². The molecule has 1 fully saturated rings. The average Bonchev–Trinajstić information content (AvgIpc) is 2.18. The summed E-state index contributed by atoms with van der Waals surface area (Å²) in [5.41, 5.74) is 10.2. The van der Waals surface area contributed by atoms with Crippen molar-refractivity contribution in [3.05, 3.63) is 0 Å². The minimum atomic E-state index is -0.726. The third-order valence-electron chi connectivity index (χ3n) is 2.85. The number of hydrogen-bond donors (Lipinski definition) is 3. The second-order valence-electron chi connectivity index (χ2n) is 4.19. The summed E-state index contributed by atoms with van der Waals surface area (Å²) in [5, 5.41) is 2.66.